The Hall–Kier alpha value is -2.07. The van der Waals surface area contributed by atoms with Crippen LogP contribution in [0.1, 0.15) is 6.92 Å². The molecule has 0 aromatic heterocycles. The van der Waals surface area contributed by atoms with Gasteiger partial charge in [0.15, 0.2) is 0 Å². The Morgan fingerprint density at radius 1 is 1.06 bits per heavy atom. The van der Waals surface area contributed by atoms with Crippen molar-refractivity contribution in [2.45, 2.75) is 11.8 Å². The zero-order valence-electron chi connectivity index (χ0n) is 16.1. The quantitative estimate of drug-likeness (QED) is 0.0773. The van der Waals surface area contributed by atoms with Crippen LogP contribution < -0.4 is 68.6 Å². The van der Waals surface area contributed by atoms with Crippen LogP contribution in [0.5, 0.6) is 11.5 Å². The number of carbonyl (C=O) groups is 2. The number of esters is 2. The van der Waals surface area contributed by atoms with E-state index in [9.17, 15) is 22.6 Å². The second kappa shape index (κ2) is 17.6. The standard InChI is InChI=1S/C17H7O7S.2Na.O3S/c1-3-4-5-6-7-8-9-17(19)24-15-11-10-14(25(20,21)22)12-16(15)23-13(2)18;;;1-4(2)3/h1,10,12H,2H3,(H,20,21,22);;;/q-1;2*+1;/p-1. The van der Waals surface area contributed by atoms with Crippen LogP contribution in [0.3, 0.4) is 0 Å². The van der Waals surface area contributed by atoms with E-state index >= 15 is 0 Å². The summed E-state index contributed by atoms with van der Waals surface area (Å²) >= 11 is 0. The molecule has 0 aliphatic heterocycles. The van der Waals surface area contributed by atoms with Crippen molar-refractivity contribution in [1.82, 2.24) is 0 Å². The molecule has 0 aliphatic rings. The molecule has 14 heteroatoms. The van der Waals surface area contributed by atoms with E-state index in [4.69, 9.17) is 23.8 Å². The minimum Gasteiger partial charge on any atom is -0.754 e. The molecule has 0 saturated heterocycles. The van der Waals surface area contributed by atoms with Gasteiger partial charge in [-0.2, -0.15) is 6.07 Å². The van der Waals surface area contributed by atoms with Crippen LogP contribution in [0, 0.1) is 53.9 Å². The third kappa shape index (κ3) is 17.3. The second-order valence-electron chi connectivity index (χ2n) is 4.06. The molecule has 0 amide bonds. The summed E-state index contributed by atoms with van der Waals surface area (Å²) in [6, 6.07) is 3.71. The number of terminal acetylenes is 1. The van der Waals surface area contributed by atoms with Gasteiger partial charge in [0.2, 0.25) is 0 Å². The molecule has 31 heavy (non-hydrogen) atoms. The van der Waals surface area contributed by atoms with E-state index in [1.54, 1.807) is 0 Å². The van der Waals surface area contributed by atoms with Gasteiger partial charge in [0.1, 0.15) is 0 Å². The first-order chi connectivity index (χ1) is 13.5. The van der Waals surface area contributed by atoms with Crippen LogP contribution in [0.2, 0.25) is 0 Å². The normalized spacial score (nSPS) is 7.90. The van der Waals surface area contributed by atoms with E-state index < -0.39 is 49.1 Å². The Bertz CT molecular complexity index is 1250. The largest absolute Gasteiger partial charge is 1.00 e. The van der Waals surface area contributed by atoms with Gasteiger partial charge in [-0.15, -0.1) is 31.2 Å². The fourth-order valence-electron chi connectivity index (χ4n) is 1.23. The van der Waals surface area contributed by atoms with Crippen molar-refractivity contribution in [2.75, 3.05) is 0 Å². The summed E-state index contributed by atoms with van der Waals surface area (Å²) in [6.45, 7) is 1.02. The third-order valence-electron chi connectivity index (χ3n) is 2.07. The molecule has 1 aromatic rings. The summed E-state index contributed by atoms with van der Waals surface area (Å²) in [4.78, 5) is 21.9. The first kappa shape index (κ1) is 33.6. The Morgan fingerprint density at radius 3 is 2.06 bits per heavy atom. The molecule has 148 valence electrons. The van der Waals surface area contributed by atoms with E-state index in [-0.39, 0.29) is 59.1 Å². The average molecular weight is 480 g/mol. The Morgan fingerprint density at radius 2 is 1.58 bits per heavy atom. The topological polar surface area (TPSA) is 161 Å². The molecular weight excluding hydrogens is 474 g/mol. The number of rotatable bonds is 3. The zero-order chi connectivity index (χ0) is 22.4. The van der Waals surface area contributed by atoms with Crippen LogP contribution in [-0.2, 0) is 30.3 Å². The van der Waals surface area contributed by atoms with Crippen molar-refractivity contribution in [3.63, 3.8) is 0 Å². The predicted octanol–water partition coefficient (Wildman–Crippen LogP) is -7.13. The fraction of sp³-hybridized carbons (Fsp3) is 0.0588. The first-order valence-electron chi connectivity index (χ1n) is 6.62. The van der Waals surface area contributed by atoms with Gasteiger partial charge < -0.3 is 14.0 Å². The number of ether oxygens (including phenoxy) is 2. The molecule has 0 atom stereocenters. The zero-order valence-corrected chi connectivity index (χ0v) is 21.8. The van der Waals surface area contributed by atoms with Gasteiger partial charge >= 0.3 is 75.7 Å². The summed E-state index contributed by atoms with van der Waals surface area (Å²) in [7, 11) is -7.93. The van der Waals surface area contributed by atoms with Gasteiger partial charge in [0.25, 0.3) is 5.97 Å². The summed E-state index contributed by atoms with van der Waals surface area (Å²) in [5.74, 6) is 12.2. The summed E-state index contributed by atoms with van der Waals surface area (Å²) in [6.07, 6.45) is 4.87. The molecule has 0 unspecified atom stereocenters. The molecule has 0 aliphatic carbocycles. The molecular formula is C17H6Na2O10S2. The molecule has 10 nitrogen and oxygen atoms in total. The molecule has 0 N–H and O–H groups in total. The number of hydrogen-bond donors (Lipinski definition) is 0. The van der Waals surface area contributed by atoms with Gasteiger partial charge in [-0.1, -0.05) is 0 Å². The molecule has 0 spiro atoms. The van der Waals surface area contributed by atoms with Crippen molar-refractivity contribution in [3.8, 4) is 59.4 Å². The van der Waals surface area contributed by atoms with Crippen molar-refractivity contribution in [2.24, 2.45) is 0 Å². The van der Waals surface area contributed by atoms with Gasteiger partial charge in [-0.05, 0) is 40.4 Å². The molecule has 0 radical (unpaired) electrons. The molecule has 0 bridgehead atoms. The monoisotopic (exact) mass is 480 g/mol. The van der Waals surface area contributed by atoms with Gasteiger partial charge in [-0.3, -0.25) is 13.2 Å². The molecule has 0 heterocycles. The second-order valence-corrected chi connectivity index (χ2v) is 5.85. The van der Waals surface area contributed by atoms with Crippen LogP contribution in [0.15, 0.2) is 17.0 Å². The smallest absolute Gasteiger partial charge is 0.754 e. The summed E-state index contributed by atoms with van der Waals surface area (Å²) in [5.41, 5.74) is 0. The minimum absolute atomic E-state index is 0. The third-order valence-corrected chi connectivity index (χ3v) is 2.88. The van der Waals surface area contributed by atoms with E-state index in [0.717, 1.165) is 19.1 Å². The van der Waals surface area contributed by atoms with Gasteiger partial charge in [-0.25, -0.2) is 4.79 Å². The van der Waals surface area contributed by atoms with E-state index in [1.807, 2.05) is 11.8 Å². The van der Waals surface area contributed by atoms with Crippen LogP contribution in [-0.4, -0.2) is 37.5 Å². The fourth-order valence-corrected chi connectivity index (χ4v) is 1.68. The summed E-state index contributed by atoms with van der Waals surface area (Å²) in [5, 5.41) is 0. The number of carbonyl (C=O) groups excluding carboxylic acids is 2. The molecule has 0 fully saturated rings. The van der Waals surface area contributed by atoms with Crippen molar-refractivity contribution in [1.29, 1.82) is 0 Å². The molecule has 1 aromatic carbocycles. The number of hydrogen-bond acceptors (Lipinski definition) is 10. The SMILES string of the molecule is C#CC#CC#CC#CC(=O)Oc1[c-]cc(S(=O)(=O)[O-])cc1OC(C)=O.O=S(=O)=O.[Na+].[Na+]. The van der Waals surface area contributed by atoms with Crippen LogP contribution in [0.4, 0.5) is 0 Å². The van der Waals surface area contributed by atoms with Crippen molar-refractivity contribution < 1.29 is 104 Å². The van der Waals surface area contributed by atoms with E-state index in [2.05, 4.69) is 40.4 Å². The minimum atomic E-state index is -4.82. The van der Waals surface area contributed by atoms with Gasteiger partial charge in [0, 0.05) is 12.8 Å². The average Bonchev–Trinajstić information content (AvgIpc) is 2.57. The van der Waals surface area contributed by atoms with Crippen molar-refractivity contribution in [3.05, 3.63) is 18.2 Å². The Labute approximate surface area is 223 Å². The maximum atomic E-state index is 11.5. The summed E-state index contributed by atoms with van der Waals surface area (Å²) < 4.78 is 67.7. The Balaban J connectivity index is -0.00000120. The maximum Gasteiger partial charge on any atom is 1.00 e. The number of benzene rings is 1. The van der Waals surface area contributed by atoms with E-state index in [0.29, 0.717) is 0 Å². The molecule has 1 rings (SSSR count). The van der Waals surface area contributed by atoms with Gasteiger partial charge in [0.05, 0.1) is 21.6 Å². The maximum absolute atomic E-state index is 11.5. The van der Waals surface area contributed by atoms with Crippen LogP contribution in [0.25, 0.3) is 0 Å². The Kier molecular flexibility index (Phi) is 19.1. The predicted molar refractivity (Wildman–Crippen MR) is 92.0 cm³/mol. The van der Waals surface area contributed by atoms with E-state index in [1.165, 1.54) is 0 Å². The van der Waals surface area contributed by atoms with Crippen LogP contribution >= 0.6 is 0 Å². The van der Waals surface area contributed by atoms with Crippen molar-refractivity contribution >= 4 is 32.7 Å². The first-order valence-corrected chi connectivity index (χ1v) is 9.03. The molecule has 0 saturated carbocycles.